The zero-order chi connectivity index (χ0) is 12.4. The molecule has 1 heterocycles. The standard InChI is InChI=1S/C11H12BrNO4/c12-9-3-8(6-17-9)11(16)13(5-10(14)15)4-7-1-2-7/h3,6-7H,1-2,4-5H2,(H,14,15). The van der Waals surface area contributed by atoms with E-state index in [-0.39, 0.29) is 12.5 Å². The van der Waals surface area contributed by atoms with Gasteiger partial charge < -0.3 is 14.4 Å². The summed E-state index contributed by atoms with van der Waals surface area (Å²) < 4.78 is 5.44. The number of halogens is 1. The second-order valence-electron chi connectivity index (χ2n) is 4.16. The van der Waals surface area contributed by atoms with Crippen molar-refractivity contribution >= 4 is 27.8 Å². The zero-order valence-corrected chi connectivity index (χ0v) is 10.6. The number of carbonyl (C=O) groups excluding carboxylic acids is 1. The van der Waals surface area contributed by atoms with Gasteiger partial charge in [-0.2, -0.15) is 0 Å². The number of aliphatic carboxylic acids is 1. The van der Waals surface area contributed by atoms with Crippen molar-refractivity contribution in [3.05, 3.63) is 22.6 Å². The predicted octanol–water partition coefficient (Wildman–Crippen LogP) is 1.98. The third-order valence-electron chi connectivity index (χ3n) is 2.60. The van der Waals surface area contributed by atoms with Crippen molar-refractivity contribution in [1.82, 2.24) is 4.90 Å². The minimum absolute atomic E-state index is 0.266. The Morgan fingerprint density at radius 1 is 1.53 bits per heavy atom. The molecule has 0 saturated heterocycles. The molecule has 1 fully saturated rings. The van der Waals surface area contributed by atoms with Crippen molar-refractivity contribution < 1.29 is 19.1 Å². The maximum Gasteiger partial charge on any atom is 0.323 e. The van der Waals surface area contributed by atoms with Crippen LogP contribution in [-0.4, -0.2) is 35.0 Å². The van der Waals surface area contributed by atoms with Crippen LogP contribution in [0.2, 0.25) is 0 Å². The number of carboxylic acids is 1. The summed E-state index contributed by atoms with van der Waals surface area (Å²) >= 11 is 3.11. The number of furan rings is 1. The smallest absolute Gasteiger partial charge is 0.323 e. The van der Waals surface area contributed by atoms with Crippen LogP contribution in [-0.2, 0) is 4.79 Å². The Hall–Kier alpha value is -1.30. The summed E-state index contributed by atoms with van der Waals surface area (Å²) in [5.74, 6) is -0.844. The van der Waals surface area contributed by atoms with Gasteiger partial charge in [0.1, 0.15) is 12.8 Å². The predicted molar refractivity (Wildman–Crippen MR) is 62.7 cm³/mol. The van der Waals surface area contributed by atoms with Gasteiger partial charge in [0.25, 0.3) is 5.91 Å². The van der Waals surface area contributed by atoms with Crippen LogP contribution in [0, 0.1) is 5.92 Å². The lowest BCUT2D eigenvalue weighted by Gasteiger charge is -2.19. The Morgan fingerprint density at radius 3 is 2.71 bits per heavy atom. The molecular formula is C11H12BrNO4. The van der Waals surface area contributed by atoms with Crippen molar-refractivity contribution in [2.75, 3.05) is 13.1 Å². The van der Waals surface area contributed by atoms with Crippen molar-refractivity contribution in [3.8, 4) is 0 Å². The minimum Gasteiger partial charge on any atom is -0.480 e. The monoisotopic (exact) mass is 301 g/mol. The highest BCUT2D eigenvalue weighted by atomic mass is 79.9. The van der Waals surface area contributed by atoms with Gasteiger partial charge in [-0.25, -0.2) is 0 Å². The molecule has 0 bridgehead atoms. The van der Waals surface area contributed by atoms with E-state index < -0.39 is 5.97 Å². The molecule has 17 heavy (non-hydrogen) atoms. The fraction of sp³-hybridized carbons (Fsp3) is 0.455. The summed E-state index contributed by atoms with van der Waals surface area (Å²) in [5.41, 5.74) is 0.374. The Kier molecular flexibility index (Phi) is 3.51. The Bertz CT molecular complexity index is 438. The molecule has 0 spiro atoms. The van der Waals surface area contributed by atoms with Crippen LogP contribution < -0.4 is 0 Å². The van der Waals surface area contributed by atoms with Gasteiger partial charge >= 0.3 is 5.97 Å². The quantitative estimate of drug-likeness (QED) is 0.903. The molecule has 1 aliphatic carbocycles. The van der Waals surface area contributed by atoms with E-state index in [1.807, 2.05) is 0 Å². The SMILES string of the molecule is O=C(O)CN(CC1CC1)C(=O)c1coc(Br)c1. The molecule has 1 saturated carbocycles. The molecule has 0 radical (unpaired) electrons. The first-order valence-corrected chi connectivity index (χ1v) is 6.10. The van der Waals surface area contributed by atoms with Crippen molar-refractivity contribution in [2.24, 2.45) is 5.92 Å². The second kappa shape index (κ2) is 4.91. The Morgan fingerprint density at radius 2 is 2.24 bits per heavy atom. The van der Waals surface area contributed by atoms with E-state index in [2.05, 4.69) is 15.9 Å². The number of rotatable bonds is 5. The first-order chi connectivity index (χ1) is 8.06. The molecule has 6 heteroatoms. The van der Waals surface area contributed by atoms with Gasteiger partial charge in [-0.15, -0.1) is 0 Å². The molecular weight excluding hydrogens is 290 g/mol. The van der Waals surface area contributed by atoms with Crippen LogP contribution in [0.15, 0.2) is 21.4 Å². The fourth-order valence-corrected chi connectivity index (χ4v) is 1.94. The lowest BCUT2D eigenvalue weighted by Crippen LogP contribution is -2.37. The van der Waals surface area contributed by atoms with E-state index in [4.69, 9.17) is 9.52 Å². The number of nitrogens with zero attached hydrogens (tertiary/aromatic N) is 1. The van der Waals surface area contributed by atoms with E-state index in [0.717, 1.165) is 12.8 Å². The number of carboxylic acid groups (broad SMARTS) is 1. The molecule has 0 atom stereocenters. The molecule has 2 rings (SSSR count). The molecule has 1 amide bonds. The topological polar surface area (TPSA) is 70.8 Å². The number of carbonyl (C=O) groups is 2. The van der Waals surface area contributed by atoms with Gasteiger partial charge in [-0.3, -0.25) is 9.59 Å². The highest BCUT2D eigenvalue weighted by Crippen LogP contribution is 2.30. The first-order valence-electron chi connectivity index (χ1n) is 5.31. The minimum atomic E-state index is -0.999. The lowest BCUT2D eigenvalue weighted by molar-refractivity contribution is -0.137. The van der Waals surface area contributed by atoms with E-state index in [0.29, 0.717) is 22.7 Å². The van der Waals surface area contributed by atoms with E-state index in [9.17, 15) is 9.59 Å². The molecule has 0 unspecified atom stereocenters. The summed E-state index contributed by atoms with van der Waals surface area (Å²) in [4.78, 5) is 24.1. The molecule has 1 aromatic rings. The highest BCUT2D eigenvalue weighted by Gasteiger charge is 2.28. The van der Waals surface area contributed by atoms with Crippen LogP contribution in [0.1, 0.15) is 23.2 Å². The Labute approximate surface area is 107 Å². The summed E-state index contributed by atoms with van der Waals surface area (Å²) in [6.07, 6.45) is 3.46. The van der Waals surface area contributed by atoms with E-state index in [1.54, 1.807) is 6.07 Å². The van der Waals surface area contributed by atoms with E-state index >= 15 is 0 Å². The van der Waals surface area contributed by atoms with Crippen LogP contribution in [0.25, 0.3) is 0 Å². The first kappa shape index (κ1) is 12.2. The second-order valence-corrected chi connectivity index (χ2v) is 4.94. The molecule has 1 aromatic heterocycles. The van der Waals surface area contributed by atoms with Crippen molar-refractivity contribution in [3.63, 3.8) is 0 Å². The van der Waals surface area contributed by atoms with Crippen LogP contribution >= 0.6 is 15.9 Å². The van der Waals surface area contributed by atoms with E-state index in [1.165, 1.54) is 11.2 Å². The summed E-state index contributed by atoms with van der Waals surface area (Å²) in [5, 5.41) is 8.79. The summed E-state index contributed by atoms with van der Waals surface area (Å²) in [7, 11) is 0. The van der Waals surface area contributed by atoms with Gasteiger partial charge in [-0.1, -0.05) is 0 Å². The molecule has 0 aliphatic heterocycles. The zero-order valence-electron chi connectivity index (χ0n) is 9.06. The van der Waals surface area contributed by atoms with Gasteiger partial charge in [0.15, 0.2) is 4.67 Å². The third-order valence-corrected chi connectivity index (χ3v) is 3.02. The van der Waals surface area contributed by atoms with Gasteiger partial charge in [0.2, 0.25) is 0 Å². The maximum atomic E-state index is 12.0. The van der Waals surface area contributed by atoms with Crippen LogP contribution in [0.4, 0.5) is 0 Å². The van der Waals surface area contributed by atoms with Gasteiger partial charge in [-0.05, 0) is 34.7 Å². The normalized spacial score (nSPS) is 14.6. The van der Waals surface area contributed by atoms with Gasteiger partial charge in [0.05, 0.1) is 5.56 Å². The van der Waals surface area contributed by atoms with Gasteiger partial charge in [0, 0.05) is 12.6 Å². The summed E-state index contributed by atoms with van der Waals surface area (Å²) in [6.45, 7) is 0.242. The third kappa shape index (κ3) is 3.33. The van der Waals surface area contributed by atoms with Crippen molar-refractivity contribution in [1.29, 1.82) is 0 Å². The largest absolute Gasteiger partial charge is 0.480 e. The van der Waals surface area contributed by atoms with Crippen molar-refractivity contribution in [2.45, 2.75) is 12.8 Å². The average Bonchev–Trinajstić information content (AvgIpc) is 2.96. The molecule has 92 valence electrons. The number of amides is 1. The fourth-order valence-electron chi connectivity index (χ4n) is 1.60. The lowest BCUT2D eigenvalue weighted by atomic mass is 10.2. The highest BCUT2D eigenvalue weighted by molar-refractivity contribution is 9.10. The number of hydrogen-bond donors (Lipinski definition) is 1. The van der Waals surface area contributed by atoms with Crippen LogP contribution in [0.5, 0.6) is 0 Å². The molecule has 1 aliphatic rings. The Balaban J connectivity index is 2.07. The van der Waals surface area contributed by atoms with Crippen LogP contribution in [0.3, 0.4) is 0 Å². The number of hydrogen-bond acceptors (Lipinski definition) is 3. The maximum absolute atomic E-state index is 12.0. The molecule has 1 N–H and O–H groups in total. The molecule has 0 aromatic carbocycles. The summed E-state index contributed by atoms with van der Waals surface area (Å²) in [6, 6.07) is 1.55. The average molecular weight is 302 g/mol. The molecule has 5 nitrogen and oxygen atoms in total.